The van der Waals surface area contributed by atoms with Crippen LogP contribution in [0, 0.1) is 0 Å². The first-order valence-electron chi connectivity index (χ1n) is 6.28. The first-order chi connectivity index (χ1) is 9.42. The summed E-state index contributed by atoms with van der Waals surface area (Å²) in [4.78, 5) is 11.1. The molecule has 1 fully saturated rings. The van der Waals surface area contributed by atoms with Crippen LogP contribution in [0.15, 0.2) is 23.1 Å². The second-order valence-electron chi connectivity index (χ2n) is 4.64. The minimum atomic E-state index is -3.54. The van der Waals surface area contributed by atoms with Crippen LogP contribution in [-0.2, 0) is 14.8 Å². The van der Waals surface area contributed by atoms with E-state index in [2.05, 4.69) is 15.4 Å². The van der Waals surface area contributed by atoms with Gasteiger partial charge in [0.1, 0.15) is 4.90 Å². The molecule has 1 unspecified atom stereocenters. The summed E-state index contributed by atoms with van der Waals surface area (Å²) >= 11 is 0. The highest BCUT2D eigenvalue weighted by Crippen LogP contribution is 2.22. The van der Waals surface area contributed by atoms with Gasteiger partial charge in [-0.2, -0.15) is 0 Å². The summed E-state index contributed by atoms with van der Waals surface area (Å²) in [5.41, 5.74) is 6.66. The van der Waals surface area contributed by atoms with E-state index in [0.29, 0.717) is 13.0 Å². The molecule has 0 aromatic heterocycles. The van der Waals surface area contributed by atoms with Gasteiger partial charge in [-0.15, -0.1) is 0 Å². The lowest BCUT2D eigenvalue weighted by molar-refractivity contribution is -0.119. The zero-order chi connectivity index (χ0) is 14.8. The second kappa shape index (κ2) is 5.68. The Balaban J connectivity index is 2.04. The molecule has 1 aliphatic rings. The monoisotopic (exact) mass is 298 g/mol. The molecule has 1 aliphatic heterocycles. The Hall–Kier alpha value is -1.80. The highest BCUT2D eigenvalue weighted by Gasteiger charge is 2.20. The molecule has 0 aliphatic carbocycles. The van der Waals surface area contributed by atoms with Crippen molar-refractivity contribution >= 4 is 27.3 Å². The number of hydrogen-bond donors (Lipinski definition) is 4. The minimum Gasteiger partial charge on any atom is -0.398 e. The summed E-state index contributed by atoms with van der Waals surface area (Å²) in [5.74, 6) is 0.0618. The largest absolute Gasteiger partial charge is 0.398 e. The van der Waals surface area contributed by atoms with Gasteiger partial charge in [0.2, 0.25) is 15.9 Å². The third kappa shape index (κ3) is 3.20. The van der Waals surface area contributed by atoms with Crippen molar-refractivity contribution in [3.63, 3.8) is 0 Å². The molecule has 2 rings (SSSR count). The van der Waals surface area contributed by atoms with Gasteiger partial charge in [-0.1, -0.05) is 0 Å². The number of carbonyl (C=O) groups excluding carboxylic acids is 1. The van der Waals surface area contributed by atoms with Crippen molar-refractivity contribution in [1.82, 2.24) is 10.0 Å². The van der Waals surface area contributed by atoms with E-state index in [-0.39, 0.29) is 22.5 Å². The summed E-state index contributed by atoms with van der Waals surface area (Å²) in [6.07, 6.45) is 1.35. The number of carbonyl (C=O) groups is 1. The number of nitrogens with one attached hydrogen (secondary N) is 3. The topological polar surface area (TPSA) is 113 Å². The summed E-state index contributed by atoms with van der Waals surface area (Å²) in [5, 5.41) is 5.98. The van der Waals surface area contributed by atoms with Crippen LogP contribution in [0.3, 0.4) is 0 Å². The van der Waals surface area contributed by atoms with Crippen molar-refractivity contribution < 1.29 is 13.2 Å². The molecule has 1 amide bonds. The van der Waals surface area contributed by atoms with Gasteiger partial charge < -0.3 is 16.4 Å². The number of sulfonamides is 1. The van der Waals surface area contributed by atoms with Gasteiger partial charge >= 0.3 is 0 Å². The summed E-state index contributed by atoms with van der Waals surface area (Å²) in [7, 11) is -2.21. The predicted molar refractivity (Wildman–Crippen MR) is 76.8 cm³/mol. The van der Waals surface area contributed by atoms with Crippen molar-refractivity contribution in [2.75, 3.05) is 24.6 Å². The van der Waals surface area contributed by atoms with E-state index >= 15 is 0 Å². The molecule has 1 atom stereocenters. The number of hydrogen-bond acceptors (Lipinski definition) is 5. The number of anilines is 2. The smallest absolute Gasteiger partial charge is 0.242 e. The fraction of sp³-hybridized carbons (Fsp3) is 0.417. The lowest BCUT2D eigenvalue weighted by Gasteiger charge is -2.14. The van der Waals surface area contributed by atoms with Crippen LogP contribution < -0.4 is 21.1 Å². The van der Waals surface area contributed by atoms with Crippen LogP contribution in [0.1, 0.15) is 12.8 Å². The van der Waals surface area contributed by atoms with Gasteiger partial charge in [0.25, 0.3) is 0 Å². The molecule has 0 radical (unpaired) electrons. The van der Waals surface area contributed by atoms with E-state index in [1.807, 2.05) is 0 Å². The van der Waals surface area contributed by atoms with E-state index in [4.69, 9.17) is 5.73 Å². The summed E-state index contributed by atoms with van der Waals surface area (Å²) in [6.45, 7) is 0.587. The maximum Gasteiger partial charge on any atom is 0.242 e. The lowest BCUT2D eigenvalue weighted by Crippen LogP contribution is -2.31. The highest BCUT2D eigenvalue weighted by atomic mass is 32.2. The Morgan fingerprint density at radius 3 is 2.75 bits per heavy atom. The van der Waals surface area contributed by atoms with E-state index in [0.717, 1.165) is 12.1 Å². The van der Waals surface area contributed by atoms with Crippen LogP contribution >= 0.6 is 0 Å². The average molecular weight is 298 g/mol. The zero-order valence-corrected chi connectivity index (χ0v) is 12.0. The molecule has 1 saturated heterocycles. The lowest BCUT2D eigenvalue weighted by atomic mass is 10.2. The molecule has 20 heavy (non-hydrogen) atoms. The molecule has 1 heterocycles. The molecular weight excluding hydrogens is 280 g/mol. The third-order valence-electron chi connectivity index (χ3n) is 3.21. The van der Waals surface area contributed by atoms with E-state index in [9.17, 15) is 13.2 Å². The quantitative estimate of drug-likeness (QED) is 0.565. The van der Waals surface area contributed by atoms with Crippen molar-refractivity contribution in [2.24, 2.45) is 0 Å². The minimum absolute atomic E-state index is 0.0553. The Kier molecular flexibility index (Phi) is 4.15. The van der Waals surface area contributed by atoms with Gasteiger partial charge in [-0.05, 0) is 31.7 Å². The Morgan fingerprint density at radius 1 is 1.45 bits per heavy atom. The van der Waals surface area contributed by atoms with Crippen molar-refractivity contribution in [2.45, 2.75) is 23.8 Å². The molecule has 0 bridgehead atoms. The number of amides is 1. The SMILES string of the molecule is CNS(=O)(=O)c1ccc(NCC2CCC(=O)N2)cc1N. The van der Waals surface area contributed by atoms with Crippen molar-refractivity contribution in [3.8, 4) is 0 Å². The third-order valence-corrected chi connectivity index (χ3v) is 4.69. The van der Waals surface area contributed by atoms with Crippen molar-refractivity contribution in [3.05, 3.63) is 18.2 Å². The summed E-state index contributed by atoms with van der Waals surface area (Å²) in [6, 6.07) is 4.78. The Labute approximate surface area is 118 Å². The normalized spacial score (nSPS) is 18.9. The van der Waals surface area contributed by atoms with E-state index in [1.165, 1.54) is 13.1 Å². The molecule has 5 N–H and O–H groups in total. The molecule has 1 aromatic carbocycles. The first kappa shape index (κ1) is 14.6. The molecular formula is C12H18N4O3S. The van der Waals surface area contributed by atoms with Crippen LogP contribution in [0.4, 0.5) is 11.4 Å². The number of rotatable bonds is 5. The Morgan fingerprint density at radius 2 is 2.20 bits per heavy atom. The zero-order valence-electron chi connectivity index (χ0n) is 11.1. The average Bonchev–Trinajstić information content (AvgIpc) is 2.82. The molecule has 110 valence electrons. The molecule has 8 heteroatoms. The van der Waals surface area contributed by atoms with Crippen LogP contribution in [0.2, 0.25) is 0 Å². The van der Waals surface area contributed by atoms with Gasteiger partial charge in [0.05, 0.1) is 5.69 Å². The fourth-order valence-electron chi connectivity index (χ4n) is 2.08. The van der Waals surface area contributed by atoms with E-state index < -0.39 is 10.0 Å². The second-order valence-corrected chi connectivity index (χ2v) is 6.50. The molecule has 7 nitrogen and oxygen atoms in total. The van der Waals surface area contributed by atoms with Crippen LogP contribution in [-0.4, -0.2) is 34.0 Å². The number of benzene rings is 1. The number of nitrogens with two attached hydrogens (primary N) is 1. The first-order valence-corrected chi connectivity index (χ1v) is 7.77. The molecule has 0 spiro atoms. The molecule has 0 saturated carbocycles. The van der Waals surface area contributed by atoms with Crippen LogP contribution in [0.5, 0.6) is 0 Å². The standard InChI is InChI=1S/C12H18N4O3S/c1-14-20(18,19)11-4-2-8(6-10(11)13)15-7-9-3-5-12(17)16-9/h2,4,6,9,14-15H,3,5,7,13H2,1H3,(H,16,17). The van der Waals surface area contributed by atoms with Gasteiger partial charge in [0.15, 0.2) is 0 Å². The van der Waals surface area contributed by atoms with Crippen molar-refractivity contribution in [1.29, 1.82) is 0 Å². The maximum absolute atomic E-state index is 11.7. The number of nitrogen functional groups attached to an aromatic ring is 1. The van der Waals surface area contributed by atoms with Gasteiger partial charge in [-0.3, -0.25) is 4.79 Å². The Bertz CT molecular complexity index is 615. The fourth-order valence-corrected chi connectivity index (χ4v) is 2.92. The maximum atomic E-state index is 11.7. The predicted octanol–water partition coefficient (Wildman–Crippen LogP) is -0.133. The van der Waals surface area contributed by atoms with Gasteiger partial charge in [-0.25, -0.2) is 13.1 Å². The van der Waals surface area contributed by atoms with E-state index in [1.54, 1.807) is 12.1 Å². The van der Waals surface area contributed by atoms with Gasteiger partial charge in [0, 0.05) is 24.7 Å². The highest BCUT2D eigenvalue weighted by molar-refractivity contribution is 7.89. The van der Waals surface area contributed by atoms with Crippen LogP contribution in [0.25, 0.3) is 0 Å². The molecule has 1 aromatic rings. The summed E-state index contributed by atoms with van der Waals surface area (Å²) < 4.78 is 25.6.